The molecule has 0 bridgehead atoms. The zero-order valence-corrected chi connectivity index (χ0v) is 19.9. The average molecular weight is 481 g/mol. The number of rotatable bonds is 5. The van der Waals surface area contributed by atoms with E-state index in [0.29, 0.717) is 29.3 Å². The lowest BCUT2D eigenvalue weighted by molar-refractivity contribution is -0.137. The molecule has 0 atom stereocenters. The van der Waals surface area contributed by atoms with Crippen LogP contribution in [0.2, 0.25) is 5.02 Å². The minimum absolute atomic E-state index is 0.147. The van der Waals surface area contributed by atoms with E-state index in [1.165, 1.54) is 31.7 Å². The van der Waals surface area contributed by atoms with Crippen LogP contribution in [0.3, 0.4) is 0 Å². The van der Waals surface area contributed by atoms with Crippen LogP contribution in [0.4, 0.5) is 13.2 Å². The smallest absolute Gasteiger partial charge is 0.349 e. The number of benzene rings is 1. The largest absolute Gasteiger partial charge is 0.416 e. The van der Waals surface area contributed by atoms with Crippen LogP contribution < -0.4 is 5.32 Å². The van der Waals surface area contributed by atoms with Crippen LogP contribution in [0.25, 0.3) is 11.3 Å². The molecule has 1 amide bonds. The van der Waals surface area contributed by atoms with Gasteiger partial charge in [-0.25, -0.2) is 0 Å². The number of nitrogens with zero attached hydrogens (tertiary/aromatic N) is 1. The molecule has 1 aromatic heterocycles. The topological polar surface area (TPSA) is 34.0 Å². The van der Waals surface area contributed by atoms with Gasteiger partial charge in [-0.2, -0.15) is 13.2 Å². The third-order valence-electron chi connectivity index (χ3n) is 7.29. The minimum atomic E-state index is -4.46. The SMILES string of the molecule is Cc1c(C(=O)NC2CCCCC2)cc(-c2cc(C(F)(F)F)ccc2Cl)n1CC1CCCCC1. The van der Waals surface area contributed by atoms with Gasteiger partial charge in [0.1, 0.15) is 0 Å². The third-order valence-corrected chi connectivity index (χ3v) is 7.62. The monoisotopic (exact) mass is 480 g/mol. The van der Waals surface area contributed by atoms with Crippen molar-refractivity contribution in [1.29, 1.82) is 0 Å². The summed E-state index contributed by atoms with van der Waals surface area (Å²) < 4.78 is 42.4. The molecule has 0 unspecified atom stereocenters. The first kappa shape index (κ1) is 24.2. The molecule has 2 saturated carbocycles. The average Bonchev–Trinajstić information content (AvgIpc) is 3.11. The van der Waals surface area contributed by atoms with E-state index in [1.54, 1.807) is 6.07 Å². The van der Waals surface area contributed by atoms with E-state index in [9.17, 15) is 18.0 Å². The van der Waals surface area contributed by atoms with E-state index in [-0.39, 0.29) is 17.0 Å². The Bertz CT molecular complexity index is 986. The van der Waals surface area contributed by atoms with E-state index in [1.807, 2.05) is 11.5 Å². The zero-order valence-electron chi connectivity index (χ0n) is 19.1. The van der Waals surface area contributed by atoms with E-state index < -0.39 is 11.7 Å². The lowest BCUT2D eigenvalue weighted by Crippen LogP contribution is -2.36. The summed E-state index contributed by atoms with van der Waals surface area (Å²) in [7, 11) is 0. The molecule has 33 heavy (non-hydrogen) atoms. The van der Waals surface area contributed by atoms with Crippen molar-refractivity contribution < 1.29 is 18.0 Å². The maximum Gasteiger partial charge on any atom is 0.416 e. The first-order chi connectivity index (χ1) is 15.7. The van der Waals surface area contributed by atoms with Crippen molar-refractivity contribution in [2.24, 2.45) is 5.92 Å². The number of aromatic nitrogens is 1. The number of carbonyl (C=O) groups excluding carboxylic acids is 1. The first-order valence-corrected chi connectivity index (χ1v) is 12.5. The maximum absolute atomic E-state index is 13.4. The van der Waals surface area contributed by atoms with E-state index >= 15 is 0 Å². The second-order valence-electron chi connectivity index (χ2n) is 9.64. The van der Waals surface area contributed by atoms with Crippen LogP contribution in [-0.2, 0) is 12.7 Å². The molecule has 2 fully saturated rings. The normalized spacial score (nSPS) is 18.5. The number of hydrogen-bond acceptors (Lipinski definition) is 1. The molecule has 1 N–H and O–H groups in total. The Balaban J connectivity index is 1.73. The molecule has 180 valence electrons. The molecular formula is C26H32ClF3N2O. The van der Waals surface area contributed by atoms with Crippen LogP contribution >= 0.6 is 11.6 Å². The van der Waals surface area contributed by atoms with Crippen molar-refractivity contribution >= 4 is 17.5 Å². The Morgan fingerprint density at radius 1 is 1.03 bits per heavy atom. The molecule has 4 rings (SSSR count). The lowest BCUT2D eigenvalue weighted by Gasteiger charge is -2.25. The number of nitrogens with one attached hydrogen (secondary N) is 1. The number of hydrogen-bond donors (Lipinski definition) is 1. The van der Waals surface area contributed by atoms with Gasteiger partial charge in [0.05, 0.1) is 16.8 Å². The summed E-state index contributed by atoms with van der Waals surface area (Å²) in [4.78, 5) is 13.2. The Morgan fingerprint density at radius 2 is 1.67 bits per heavy atom. The fraction of sp³-hybridized carbons (Fsp3) is 0.577. The Morgan fingerprint density at radius 3 is 2.30 bits per heavy atom. The van der Waals surface area contributed by atoms with Crippen molar-refractivity contribution in [2.75, 3.05) is 0 Å². The molecule has 1 aromatic carbocycles. The standard InChI is InChI=1S/C26H32ClF3N2O/c1-17-21(25(33)31-20-10-6-3-7-11-20)15-24(32(17)16-18-8-4-2-5-9-18)22-14-19(26(28,29)30)12-13-23(22)27/h12-15,18,20H,2-11,16H2,1H3,(H,31,33). The van der Waals surface area contributed by atoms with Gasteiger partial charge in [-0.15, -0.1) is 0 Å². The van der Waals surface area contributed by atoms with Gasteiger partial charge in [0.15, 0.2) is 0 Å². The molecular weight excluding hydrogens is 449 g/mol. The molecule has 0 radical (unpaired) electrons. The predicted molar refractivity (Wildman–Crippen MR) is 126 cm³/mol. The molecule has 2 aliphatic rings. The number of carbonyl (C=O) groups is 1. The van der Waals surface area contributed by atoms with Gasteiger partial charge in [0.2, 0.25) is 0 Å². The van der Waals surface area contributed by atoms with Gasteiger partial charge in [0, 0.05) is 28.9 Å². The Kier molecular flexibility index (Phi) is 7.42. The first-order valence-electron chi connectivity index (χ1n) is 12.1. The molecule has 0 saturated heterocycles. The van der Waals surface area contributed by atoms with Crippen LogP contribution in [0.15, 0.2) is 24.3 Å². The highest BCUT2D eigenvalue weighted by molar-refractivity contribution is 6.33. The predicted octanol–water partition coefficient (Wildman–Crippen LogP) is 7.78. The quantitative estimate of drug-likeness (QED) is 0.465. The molecule has 0 aliphatic heterocycles. The van der Waals surface area contributed by atoms with E-state index in [2.05, 4.69) is 5.32 Å². The summed E-state index contributed by atoms with van der Waals surface area (Å²) in [6.07, 6.45) is 6.64. The number of amides is 1. The van der Waals surface area contributed by atoms with Crippen molar-refractivity contribution in [3.8, 4) is 11.3 Å². The van der Waals surface area contributed by atoms with Crippen LogP contribution in [0.1, 0.15) is 85.8 Å². The lowest BCUT2D eigenvalue weighted by atomic mass is 9.89. The Labute approximate surface area is 198 Å². The van der Waals surface area contributed by atoms with Gasteiger partial charge in [-0.05, 0) is 62.8 Å². The second kappa shape index (κ2) is 10.1. The van der Waals surface area contributed by atoms with Gasteiger partial charge in [-0.1, -0.05) is 50.1 Å². The van der Waals surface area contributed by atoms with Crippen molar-refractivity contribution in [2.45, 2.75) is 89.9 Å². The molecule has 2 aliphatic carbocycles. The molecule has 2 aromatic rings. The third kappa shape index (κ3) is 5.59. The fourth-order valence-electron chi connectivity index (χ4n) is 5.37. The highest BCUT2D eigenvalue weighted by atomic mass is 35.5. The molecule has 1 heterocycles. The number of halogens is 4. The summed E-state index contributed by atoms with van der Waals surface area (Å²) >= 11 is 6.41. The van der Waals surface area contributed by atoms with Crippen LogP contribution in [0.5, 0.6) is 0 Å². The van der Waals surface area contributed by atoms with Crippen molar-refractivity contribution in [1.82, 2.24) is 9.88 Å². The summed E-state index contributed by atoms with van der Waals surface area (Å²) in [6, 6.07) is 5.31. The highest BCUT2D eigenvalue weighted by Crippen LogP contribution is 2.38. The van der Waals surface area contributed by atoms with E-state index in [0.717, 1.165) is 56.4 Å². The van der Waals surface area contributed by atoms with Crippen LogP contribution in [-0.4, -0.2) is 16.5 Å². The van der Waals surface area contributed by atoms with Gasteiger partial charge in [-0.3, -0.25) is 4.79 Å². The zero-order chi connectivity index (χ0) is 23.6. The molecule has 0 spiro atoms. The summed E-state index contributed by atoms with van der Waals surface area (Å²) in [5, 5.41) is 3.41. The highest BCUT2D eigenvalue weighted by Gasteiger charge is 2.32. The summed E-state index contributed by atoms with van der Waals surface area (Å²) in [5.74, 6) is 0.300. The maximum atomic E-state index is 13.4. The summed E-state index contributed by atoms with van der Waals surface area (Å²) in [6.45, 7) is 2.58. The van der Waals surface area contributed by atoms with E-state index in [4.69, 9.17) is 11.6 Å². The van der Waals surface area contributed by atoms with Crippen molar-refractivity contribution in [3.05, 3.63) is 46.1 Å². The summed E-state index contributed by atoms with van der Waals surface area (Å²) in [5.41, 5.74) is 1.49. The second-order valence-corrected chi connectivity index (χ2v) is 10.1. The minimum Gasteiger partial charge on any atom is -0.349 e. The molecule has 3 nitrogen and oxygen atoms in total. The van der Waals surface area contributed by atoms with Gasteiger partial charge < -0.3 is 9.88 Å². The fourth-order valence-corrected chi connectivity index (χ4v) is 5.58. The van der Waals surface area contributed by atoms with Gasteiger partial charge >= 0.3 is 6.18 Å². The number of alkyl halides is 3. The van der Waals surface area contributed by atoms with Crippen molar-refractivity contribution in [3.63, 3.8) is 0 Å². The molecule has 7 heteroatoms. The van der Waals surface area contributed by atoms with Crippen LogP contribution in [0, 0.1) is 12.8 Å². The van der Waals surface area contributed by atoms with Gasteiger partial charge in [0.25, 0.3) is 5.91 Å². The Hall–Kier alpha value is -1.95.